The second-order valence-electron chi connectivity index (χ2n) is 6.18. The van der Waals surface area contributed by atoms with Gasteiger partial charge in [-0.3, -0.25) is 19.8 Å². The Kier molecular flexibility index (Phi) is 7.19. The molecule has 0 spiro atoms. The fourth-order valence-electron chi connectivity index (χ4n) is 2.66. The van der Waals surface area contributed by atoms with E-state index in [9.17, 15) is 14.9 Å². The molecule has 1 unspecified atom stereocenters. The van der Waals surface area contributed by atoms with Crippen LogP contribution in [0.25, 0.3) is 0 Å². The summed E-state index contributed by atoms with van der Waals surface area (Å²) in [4.78, 5) is 24.8. The second-order valence-corrected chi connectivity index (χ2v) is 6.59. The Morgan fingerprint density at radius 2 is 1.93 bits per heavy atom. The third-order valence-corrected chi connectivity index (χ3v) is 4.66. The van der Waals surface area contributed by atoms with Gasteiger partial charge in [-0.25, -0.2) is 0 Å². The van der Waals surface area contributed by atoms with Gasteiger partial charge in [0.1, 0.15) is 11.5 Å². The number of carbonyl (C=O) groups is 1. The second kappa shape index (κ2) is 9.38. The summed E-state index contributed by atoms with van der Waals surface area (Å²) in [7, 11) is 4.74. The lowest BCUT2D eigenvalue weighted by Crippen LogP contribution is -2.32. The van der Waals surface area contributed by atoms with Crippen molar-refractivity contribution in [2.24, 2.45) is 0 Å². The van der Waals surface area contributed by atoms with E-state index < -0.39 is 4.92 Å². The SMILES string of the molecule is COc1cc(OC)c(NC(=O)CN(C)C(C)c2cccc([N+](=O)[O-])c2)cc1Cl. The molecule has 1 atom stereocenters. The van der Waals surface area contributed by atoms with Crippen molar-refractivity contribution in [3.8, 4) is 11.5 Å². The number of hydrogen-bond acceptors (Lipinski definition) is 6. The van der Waals surface area contributed by atoms with Gasteiger partial charge in [-0.2, -0.15) is 0 Å². The van der Waals surface area contributed by atoms with Gasteiger partial charge in [-0.1, -0.05) is 23.7 Å². The maximum absolute atomic E-state index is 12.5. The molecule has 0 saturated carbocycles. The number of nitrogens with zero attached hydrogens (tertiary/aromatic N) is 2. The molecular formula is C19H22ClN3O5. The van der Waals surface area contributed by atoms with Crippen molar-refractivity contribution in [2.45, 2.75) is 13.0 Å². The van der Waals surface area contributed by atoms with E-state index in [1.54, 1.807) is 36.2 Å². The molecule has 0 radical (unpaired) electrons. The smallest absolute Gasteiger partial charge is 0.269 e. The van der Waals surface area contributed by atoms with Crippen molar-refractivity contribution in [2.75, 3.05) is 33.1 Å². The molecule has 2 aromatic carbocycles. The normalized spacial score (nSPS) is 11.8. The first kappa shape index (κ1) is 21.5. The lowest BCUT2D eigenvalue weighted by atomic mass is 10.1. The largest absolute Gasteiger partial charge is 0.495 e. The minimum atomic E-state index is -0.442. The van der Waals surface area contributed by atoms with Crippen molar-refractivity contribution < 1.29 is 19.2 Å². The third kappa shape index (κ3) is 5.11. The molecular weight excluding hydrogens is 386 g/mol. The van der Waals surface area contributed by atoms with Gasteiger partial charge in [0.25, 0.3) is 5.69 Å². The fourth-order valence-corrected chi connectivity index (χ4v) is 2.90. The number of hydrogen-bond donors (Lipinski definition) is 1. The molecule has 28 heavy (non-hydrogen) atoms. The standard InChI is InChI=1S/C19H22ClN3O5/c1-12(13-6-5-7-14(8-13)23(25)26)22(2)11-19(24)21-16-9-15(20)17(27-3)10-18(16)28-4/h5-10,12H,11H2,1-4H3,(H,21,24). The molecule has 1 N–H and O–H groups in total. The molecule has 2 rings (SSSR count). The molecule has 150 valence electrons. The van der Waals surface area contributed by atoms with Crippen LogP contribution in [0.1, 0.15) is 18.5 Å². The monoisotopic (exact) mass is 407 g/mol. The van der Waals surface area contributed by atoms with Gasteiger partial charge in [-0.15, -0.1) is 0 Å². The molecule has 9 heteroatoms. The first-order valence-electron chi connectivity index (χ1n) is 8.42. The van der Waals surface area contributed by atoms with Crippen molar-refractivity contribution in [1.29, 1.82) is 0 Å². The predicted octanol–water partition coefficient (Wildman–Crippen LogP) is 3.90. The van der Waals surface area contributed by atoms with Crippen LogP contribution < -0.4 is 14.8 Å². The van der Waals surface area contributed by atoms with Crippen molar-refractivity contribution >= 4 is 28.9 Å². The topological polar surface area (TPSA) is 93.9 Å². The summed E-state index contributed by atoms with van der Waals surface area (Å²) in [5, 5.41) is 14.1. The van der Waals surface area contributed by atoms with Gasteiger partial charge in [0.2, 0.25) is 5.91 Å². The maximum atomic E-state index is 12.5. The molecule has 2 aromatic rings. The fraction of sp³-hybridized carbons (Fsp3) is 0.316. The molecule has 0 fully saturated rings. The van der Waals surface area contributed by atoms with E-state index in [0.717, 1.165) is 5.56 Å². The van der Waals surface area contributed by atoms with Gasteiger partial charge in [0.05, 0.1) is 36.4 Å². The van der Waals surface area contributed by atoms with Crippen LogP contribution in [-0.4, -0.2) is 43.5 Å². The van der Waals surface area contributed by atoms with Gasteiger partial charge in [0, 0.05) is 24.2 Å². The molecule has 0 heterocycles. The summed E-state index contributed by atoms with van der Waals surface area (Å²) in [6.07, 6.45) is 0. The molecule has 0 aliphatic heterocycles. The summed E-state index contributed by atoms with van der Waals surface area (Å²) in [6.45, 7) is 1.94. The number of amides is 1. The molecule has 0 aromatic heterocycles. The van der Waals surface area contributed by atoms with Crippen molar-refractivity contribution in [3.63, 3.8) is 0 Å². The van der Waals surface area contributed by atoms with Gasteiger partial charge < -0.3 is 14.8 Å². The highest BCUT2D eigenvalue weighted by Crippen LogP contribution is 2.36. The average molecular weight is 408 g/mol. The van der Waals surface area contributed by atoms with E-state index in [4.69, 9.17) is 21.1 Å². The van der Waals surface area contributed by atoms with Gasteiger partial charge in [-0.05, 0) is 25.6 Å². The lowest BCUT2D eigenvalue weighted by Gasteiger charge is -2.24. The number of nitro groups is 1. The Morgan fingerprint density at radius 1 is 1.25 bits per heavy atom. The van der Waals surface area contributed by atoms with Crippen LogP contribution in [0.15, 0.2) is 36.4 Å². The van der Waals surface area contributed by atoms with E-state index in [1.807, 2.05) is 6.92 Å². The first-order chi connectivity index (χ1) is 13.3. The van der Waals surface area contributed by atoms with Crippen LogP contribution in [0.3, 0.4) is 0 Å². The Morgan fingerprint density at radius 3 is 2.54 bits per heavy atom. The number of non-ortho nitro benzene ring substituents is 1. The molecule has 0 saturated heterocycles. The number of halogens is 1. The number of anilines is 1. The number of rotatable bonds is 8. The van der Waals surface area contributed by atoms with E-state index in [-0.39, 0.29) is 24.2 Å². The quantitative estimate of drug-likeness (QED) is 0.527. The van der Waals surface area contributed by atoms with Crippen LogP contribution in [-0.2, 0) is 4.79 Å². The minimum Gasteiger partial charge on any atom is -0.495 e. The van der Waals surface area contributed by atoms with Crippen LogP contribution >= 0.6 is 11.6 Å². The summed E-state index contributed by atoms with van der Waals surface area (Å²) < 4.78 is 10.4. The van der Waals surface area contributed by atoms with Crippen LogP contribution in [0.2, 0.25) is 5.02 Å². The Hall–Kier alpha value is -2.84. The van der Waals surface area contributed by atoms with Crippen LogP contribution in [0, 0.1) is 10.1 Å². The van der Waals surface area contributed by atoms with Gasteiger partial charge in [0.15, 0.2) is 0 Å². The van der Waals surface area contributed by atoms with Crippen molar-refractivity contribution in [3.05, 3.63) is 57.1 Å². The zero-order valence-electron chi connectivity index (χ0n) is 16.1. The predicted molar refractivity (Wildman–Crippen MR) is 107 cm³/mol. The van der Waals surface area contributed by atoms with E-state index in [1.165, 1.54) is 26.4 Å². The van der Waals surface area contributed by atoms with Gasteiger partial charge >= 0.3 is 0 Å². The zero-order chi connectivity index (χ0) is 20.8. The zero-order valence-corrected chi connectivity index (χ0v) is 16.8. The number of methoxy groups -OCH3 is 2. The molecule has 1 amide bonds. The van der Waals surface area contributed by atoms with E-state index in [2.05, 4.69) is 5.32 Å². The molecule has 8 nitrogen and oxygen atoms in total. The number of ether oxygens (including phenoxy) is 2. The number of nitro benzene ring substituents is 1. The maximum Gasteiger partial charge on any atom is 0.269 e. The van der Waals surface area contributed by atoms with Crippen LogP contribution in [0.4, 0.5) is 11.4 Å². The number of likely N-dealkylation sites (N-methyl/N-ethyl adjacent to an activating group) is 1. The Bertz CT molecular complexity index is 875. The highest BCUT2D eigenvalue weighted by molar-refractivity contribution is 6.32. The Labute approximate surface area is 168 Å². The Balaban J connectivity index is 2.09. The van der Waals surface area contributed by atoms with E-state index in [0.29, 0.717) is 22.2 Å². The molecule has 0 aliphatic rings. The number of carbonyl (C=O) groups excluding carboxylic acids is 1. The molecule has 0 bridgehead atoms. The summed E-state index contributed by atoms with van der Waals surface area (Å²) in [6, 6.07) is 9.30. The summed E-state index contributed by atoms with van der Waals surface area (Å²) in [5.41, 5.74) is 1.18. The third-order valence-electron chi connectivity index (χ3n) is 4.37. The van der Waals surface area contributed by atoms with Crippen molar-refractivity contribution in [1.82, 2.24) is 4.90 Å². The highest BCUT2D eigenvalue weighted by Gasteiger charge is 2.19. The first-order valence-corrected chi connectivity index (χ1v) is 8.80. The minimum absolute atomic E-state index is 0.0137. The molecule has 0 aliphatic carbocycles. The number of nitrogens with one attached hydrogen (secondary N) is 1. The summed E-state index contributed by atoms with van der Waals surface area (Å²) in [5.74, 6) is 0.580. The van der Waals surface area contributed by atoms with E-state index >= 15 is 0 Å². The van der Waals surface area contributed by atoms with Crippen LogP contribution in [0.5, 0.6) is 11.5 Å². The lowest BCUT2D eigenvalue weighted by molar-refractivity contribution is -0.384. The highest BCUT2D eigenvalue weighted by atomic mass is 35.5. The summed E-state index contributed by atoms with van der Waals surface area (Å²) >= 11 is 6.12. The average Bonchev–Trinajstić information content (AvgIpc) is 2.67. The number of benzene rings is 2.